The summed E-state index contributed by atoms with van der Waals surface area (Å²) in [7, 11) is 1.18. The number of nitrogens with two attached hydrogens (primary N) is 1. The molecule has 0 radical (unpaired) electrons. The number of carbonyl (C=O) groups excluding carboxylic acids is 6. The number of aliphatic hydroxyl groups is 2. The van der Waals surface area contributed by atoms with Gasteiger partial charge in [0.1, 0.15) is 36.0 Å². The molecule has 3 heterocycles. The summed E-state index contributed by atoms with van der Waals surface area (Å²) in [6.45, 7) is 2.31. The Balaban J connectivity index is 1.46. The number of hydrogen-bond acceptors (Lipinski definition) is 12. The molecular formula is C54H54N6O11. The summed E-state index contributed by atoms with van der Waals surface area (Å²) in [6.07, 6.45) is -2.27. The van der Waals surface area contributed by atoms with Gasteiger partial charge in [0.2, 0.25) is 11.8 Å². The van der Waals surface area contributed by atoms with E-state index in [1.165, 1.54) is 13.2 Å². The van der Waals surface area contributed by atoms with Crippen molar-refractivity contribution >= 4 is 41.5 Å². The summed E-state index contributed by atoms with van der Waals surface area (Å²) < 4.78 is 17.9. The first-order chi connectivity index (χ1) is 34.3. The first-order valence-electron chi connectivity index (χ1n) is 23.1. The van der Waals surface area contributed by atoms with Crippen LogP contribution in [0.25, 0.3) is 0 Å². The Morgan fingerprint density at radius 1 is 0.845 bits per heavy atom. The van der Waals surface area contributed by atoms with E-state index in [9.17, 15) is 19.8 Å². The number of aliphatic hydroxyl groups excluding tert-OH is 2. The number of methoxy groups -OCH3 is 1. The van der Waals surface area contributed by atoms with Gasteiger partial charge >= 0.3 is 24.0 Å². The van der Waals surface area contributed by atoms with Gasteiger partial charge in [0.05, 0.1) is 50.1 Å². The predicted molar refractivity (Wildman–Crippen MR) is 259 cm³/mol. The summed E-state index contributed by atoms with van der Waals surface area (Å²) in [5.74, 6) is 0.350. The fourth-order valence-electron chi connectivity index (χ4n) is 10.2. The fourth-order valence-corrected chi connectivity index (χ4v) is 10.2. The molecule has 0 aliphatic carbocycles. The lowest BCUT2D eigenvalue weighted by molar-refractivity contribution is -0.178. The van der Waals surface area contributed by atoms with Gasteiger partial charge in [-0.2, -0.15) is 0 Å². The molecule has 0 saturated carbocycles. The van der Waals surface area contributed by atoms with Crippen LogP contribution in [0.15, 0.2) is 133 Å². The Hall–Kier alpha value is -8.04. The summed E-state index contributed by atoms with van der Waals surface area (Å²) >= 11 is 0. The summed E-state index contributed by atoms with van der Waals surface area (Å²) in [6, 6.07) is 31.3. The largest absolute Gasteiger partial charge is 0.491 e. The highest BCUT2D eigenvalue weighted by atomic mass is 16.6. The molecule has 17 nitrogen and oxygen atoms in total. The number of rotatable bonds is 14. The summed E-state index contributed by atoms with van der Waals surface area (Å²) in [4.78, 5) is 90.5. The zero-order valence-corrected chi connectivity index (χ0v) is 39.2. The number of hydrogen-bond donors (Lipinski definition) is 6. The molecular weight excluding hydrogens is 909 g/mol. The zero-order chi connectivity index (χ0) is 50.4. The number of fused-ring (bicyclic) bond motifs is 3. The van der Waals surface area contributed by atoms with Gasteiger partial charge in [-0.25, -0.2) is 19.3 Å². The van der Waals surface area contributed by atoms with E-state index in [4.69, 9.17) is 19.9 Å². The summed E-state index contributed by atoms with van der Waals surface area (Å²) in [5, 5.41) is 29.6. The third-order valence-corrected chi connectivity index (χ3v) is 13.1. The maximum atomic E-state index is 16.7. The Labute approximate surface area is 410 Å². The third kappa shape index (κ3) is 9.40. The van der Waals surface area contributed by atoms with Crippen molar-refractivity contribution in [3.05, 3.63) is 167 Å². The van der Waals surface area contributed by atoms with Gasteiger partial charge < -0.3 is 46.1 Å². The minimum atomic E-state index is -2.28. The van der Waals surface area contributed by atoms with Crippen LogP contribution in [0.1, 0.15) is 71.5 Å². The molecule has 8 unspecified atom stereocenters. The molecule has 6 amide bonds. The molecule has 3 aliphatic rings. The molecule has 5 aromatic rings. The first kappa shape index (κ1) is 49.4. The average Bonchev–Trinajstić information content (AvgIpc) is 3.84. The molecule has 2 fully saturated rings. The molecule has 8 rings (SSSR count). The van der Waals surface area contributed by atoms with Gasteiger partial charge in [0.15, 0.2) is 0 Å². The number of ether oxygens (including phenoxy) is 3. The second-order valence-electron chi connectivity index (χ2n) is 17.6. The minimum absolute atomic E-state index is 0.00523. The fraction of sp³-hybridized carbons (Fsp3) is 0.296. The number of anilines is 1. The van der Waals surface area contributed by atoms with Gasteiger partial charge in [0, 0.05) is 17.7 Å². The number of benzene rings is 5. The van der Waals surface area contributed by atoms with Gasteiger partial charge in [-0.15, -0.1) is 0 Å². The van der Waals surface area contributed by atoms with Crippen LogP contribution in [0.4, 0.5) is 15.3 Å². The van der Waals surface area contributed by atoms with Gasteiger partial charge in [-0.05, 0) is 52.4 Å². The lowest BCUT2D eigenvalue weighted by Gasteiger charge is -2.46. The molecule has 5 aromatic carbocycles. The normalized spacial score (nSPS) is 22.0. The second-order valence-corrected chi connectivity index (χ2v) is 17.6. The van der Waals surface area contributed by atoms with Crippen molar-refractivity contribution in [2.75, 3.05) is 38.3 Å². The number of amides is 6. The van der Waals surface area contributed by atoms with Gasteiger partial charge in [-0.1, -0.05) is 135 Å². The van der Waals surface area contributed by atoms with Crippen LogP contribution < -0.4 is 31.3 Å². The van der Waals surface area contributed by atoms with Gasteiger partial charge in [0.25, 0.3) is 0 Å². The molecule has 366 valence electrons. The Morgan fingerprint density at radius 3 is 2.14 bits per heavy atom. The SMILES string of the molecule is COC(=O)C(NC(=O)N1C(=O)C2(c3cc(C#CCNC(N)=O)ccc31)C(C(=O)NCC(O)c1ccccc1)C1C(=O)OC(c3ccccc3)C(c3ccccc3)N1C2c1ccccc1OCCO)C(C)C. The van der Waals surface area contributed by atoms with Crippen LogP contribution in [0.3, 0.4) is 0 Å². The molecule has 7 N–H and O–H groups in total. The smallest absolute Gasteiger partial charge is 0.329 e. The number of morpholine rings is 1. The topological polar surface area (TPSA) is 239 Å². The third-order valence-electron chi connectivity index (χ3n) is 13.1. The lowest BCUT2D eigenvalue weighted by atomic mass is 9.65. The average molecular weight is 963 g/mol. The number of esters is 2. The highest BCUT2D eigenvalue weighted by Crippen LogP contribution is 2.66. The maximum Gasteiger partial charge on any atom is 0.329 e. The monoisotopic (exact) mass is 962 g/mol. The molecule has 2 saturated heterocycles. The Kier molecular flexibility index (Phi) is 14.8. The zero-order valence-electron chi connectivity index (χ0n) is 39.2. The van der Waals surface area contributed by atoms with Crippen LogP contribution in [0, 0.1) is 23.7 Å². The highest BCUT2D eigenvalue weighted by molar-refractivity contribution is 6.25. The van der Waals surface area contributed by atoms with Crippen molar-refractivity contribution in [2.45, 2.75) is 55.6 Å². The van der Waals surface area contributed by atoms with E-state index in [1.807, 2.05) is 48.5 Å². The molecule has 17 heteroatoms. The van der Waals surface area contributed by atoms with Crippen LogP contribution in [-0.2, 0) is 34.1 Å². The molecule has 1 spiro atoms. The van der Waals surface area contributed by atoms with E-state index in [0.29, 0.717) is 22.3 Å². The standard InChI is InChI=1S/C54H54N6O11/c1-32(2)43(49(64)69-3)58-53(68)59-39-26-25-33(16-15-27-56-52(55)67)30-38(39)54(51(59)66)42(48(63)57-31-40(62)34-17-7-4-8-18-34)45-50(65)71-46(36-21-11-6-12-22-36)44(35-19-9-5-10-20-35)60(45)47(54)37-23-13-14-24-41(37)70-29-28-61/h4-14,17-26,30,32,40,42-47,61-62H,27-29,31H2,1-3H3,(H,57,63)(H,58,68)(H3,55,56,67). The van der Waals surface area contributed by atoms with E-state index in [-0.39, 0.29) is 48.9 Å². The number of urea groups is 2. The van der Waals surface area contributed by atoms with Crippen LogP contribution in [-0.4, -0.2) is 96.4 Å². The van der Waals surface area contributed by atoms with Gasteiger partial charge in [-0.3, -0.25) is 19.3 Å². The highest BCUT2D eigenvalue weighted by Gasteiger charge is 2.76. The number of imide groups is 1. The molecule has 0 aromatic heterocycles. The molecule has 8 atom stereocenters. The number of para-hydroxylation sites is 1. The van der Waals surface area contributed by atoms with E-state index >= 15 is 19.2 Å². The quantitative estimate of drug-likeness (QED) is 0.0667. The number of nitrogens with one attached hydrogen (secondary N) is 3. The van der Waals surface area contributed by atoms with Crippen molar-refractivity contribution < 1.29 is 53.2 Å². The van der Waals surface area contributed by atoms with Crippen LogP contribution in [0.2, 0.25) is 0 Å². The van der Waals surface area contributed by atoms with Crippen molar-refractivity contribution in [2.24, 2.45) is 17.6 Å². The minimum Gasteiger partial charge on any atom is -0.491 e. The van der Waals surface area contributed by atoms with Crippen molar-refractivity contribution in [3.8, 4) is 17.6 Å². The molecule has 0 bridgehead atoms. The number of carbonyl (C=O) groups is 6. The van der Waals surface area contributed by atoms with Crippen molar-refractivity contribution in [1.29, 1.82) is 0 Å². The molecule has 3 aliphatic heterocycles. The van der Waals surface area contributed by atoms with E-state index in [0.717, 1.165) is 4.90 Å². The first-order valence-corrected chi connectivity index (χ1v) is 23.1. The van der Waals surface area contributed by atoms with E-state index in [1.54, 1.807) is 97.6 Å². The van der Waals surface area contributed by atoms with E-state index in [2.05, 4.69) is 27.8 Å². The lowest BCUT2D eigenvalue weighted by Crippen LogP contribution is -2.58. The number of nitrogens with zero attached hydrogens (tertiary/aromatic N) is 2. The Bertz CT molecular complexity index is 2860. The maximum absolute atomic E-state index is 16.7. The second kappa shape index (κ2) is 21.3. The Morgan fingerprint density at radius 2 is 1.49 bits per heavy atom. The van der Waals surface area contributed by atoms with Crippen molar-refractivity contribution in [3.63, 3.8) is 0 Å². The van der Waals surface area contributed by atoms with Crippen LogP contribution in [0.5, 0.6) is 5.75 Å². The van der Waals surface area contributed by atoms with Crippen molar-refractivity contribution in [1.82, 2.24) is 20.9 Å². The summed E-state index contributed by atoms with van der Waals surface area (Å²) in [5.41, 5.74) is 5.48. The molecule has 71 heavy (non-hydrogen) atoms. The van der Waals surface area contributed by atoms with E-state index < -0.39 is 89.4 Å². The predicted octanol–water partition coefficient (Wildman–Crippen LogP) is 4.50. The number of cyclic esters (lactones) is 1. The van der Waals surface area contributed by atoms with Crippen LogP contribution >= 0.6 is 0 Å². The number of primary amides is 1.